The Hall–Kier alpha value is 0.174. The molecule has 0 amide bonds. The third-order valence-electron chi connectivity index (χ3n) is 0.858. The van der Waals surface area contributed by atoms with E-state index in [1.54, 1.807) is 0 Å². The van der Waals surface area contributed by atoms with Gasteiger partial charge in [0, 0.05) is 20.5 Å². The Morgan fingerprint density at radius 1 is 1.14 bits per heavy atom. The summed E-state index contributed by atoms with van der Waals surface area (Å²) in [6.07, 6.45) is 5.93. The second-order valence-electron chi connectivity index (χ2n) is 1.67. The van der Waals surface area contributed by atoms with Gasteiger partial charge in [0.05, 0.1) is 0 Å². The van der Waals surface area contributed by atoms with Crippen LogP contribution < -0.4 is 0 Å². The Bertz CT molecular complexity index is 50.0. The average molecular weight is 130 g/mol. The van der Waals surface area contributed by atoms with Crippen LogP contribution in [0.5, 0.6) is 0 Å². The van der Waals surface area contributed by atoms with Gasteiger partial charge in [0.1, 0.15) is 0 Å². The molecule has 0 fully saturated rings. The van der Waals surface area contributed by atoms with E-state index in [9.17, 15) is 0 Å². The number of rotatable bonds is 3. The number of hydrogen-bond donors (Lipinski definition) is 0. The van der Waals surface area contributed by atoms with E-state index >= 15 is 0 Å². The molecule has 0 bridgehead atoms. The van der Waals surface area contributed by atoms with E-state index in [-0.39, 0.29) is 0 Å². The smallest absolute Gasteiger partial charge is 0.00754 e. The largest absolute Gasteiger partial charge is 0.0921 e. The van der Waals surface area contributed by atoms with Crippen molar-refractivity contribution in [3.8, 4) is 0 Å². The molecule has 0 saturated heterocycles. The highest BCUT2D eigenvalue weighted by Crippen LogP contribution is 1.86. The highest BCUT2D eigenvalue weighted by Gasteiger charge is 1.68. The molecular weight excluding hydrogens is 116 g/mol. The molecule has 2 heteroatoms. The van der Waals surface area contributed by atoms with E-state index in [2.05, 4.69) is 12.2 Å². The first-order valence-corrected chi connectivity index (χ1v) is 5.89. The van der Waals surface area contributed by atoms with E-state index in [0.29, 0.717) is 0 Å². The zero-order valence-corrected chi connectivity index (χ0v) is 9.28. The summed E-state index contributed by atoms with van der Waals surface area (Å²) in [6, 6.07) is 2.76. The molecule has 0 heterocycles. The molecule has 0 aromatic carbocycles. The first-order valence-electron chi connectivity index (χ1n) is 3.06. The van der Waals surface area contributed by atoms with Crippen LogP contribution in [0.2, 0.25) is 12.1 Å². The molecule has 0 aromatic rings. The molecule has 0 nitrogen and oxygen atoms in total. The maximum absolute atomic E-state index is 2.31. The van der Waals surface area contributed by atoms with Crippen LogP contribution in [0, 0.1) is 0 Å². The molecule has 0 rings (SSSR count). The van der Waals surface area contributed by atoms with Gasteiger partial charge in [-0.2, -0.15) is 0 Å². The van der Waals surface area contributed by atoms with E-state index in [1.165, 1.54) is 39.0 Å². The topological polar surface area (TPSA) is 0 Å². The standard InChI is InChI=1S/C5H14Si2/c6-4-2-1-3-5-7/h1-2H,3-5H2,6-7H3. The van der Waals surface area contributed by atoms with Crippen molar-refractivity contribution in [2.45, 2.75) is 18.5 Å². The first-order chi connectivity index (χ1) is 3.41. The Morgan fingerprint density at radius 2 is 1.86 bits per heavy atom. The maximum atomic E-state index is 2.31. The molecule has 0 aliphatic rings. The molecule has 0 aliphatic heterocycles. The summed E-state index contributed by atoms with van der Waals surface area (Å²) in [7, 11) is 2.70. The van der Waals surface area contributed by atoms with Crippen LogP contribution >= 0.6 is 0 Å². The van der Waals surface area contributed by atoms with Crippen LogP contribution in [0.4, 0.5) is 0 Å². The SMILES string of the molecule is [SiH3]CC=CCC[SiH3]. The van der Waals surface area contributed by atoms with Crippen LogP contribution in [0.25, 0.3) is 0 Å². The molecule has 0 N–H and O–H groups in total. The second-order valence-corrected chi connectivity index (χ2v) is 3.48. The van der Waals surface area contributed by atoms with Gasteiger partial charge in [0.15, 0.2) is 0 Å². The normalized spacial score (nSPS) is 11.4. The van der Waals surface area contributed by atoms with Crippen molar-refractivity contribution in [1.82, 2.24) is 0 Å². The van der Waals surface area contributed by atoms with Gasteiger partial charge in [-0.25, -0.2) is 0 Å². The van der Waals surface area contributed by atoms with E-state index in [1.807, 2.05) is 0 Å². The van der Waals surface area contributed by atoms with Crippen molar-refractivity contribution in [3.05, 3.63) is 12.2 Å². The van der Waals surface area contributed by atoms with Crippen molar-refractivity contribution in [3.63, 3.8) is 0 Å². The monoisotopic (exact) mass is 130 g/mol. The van der Waals surface area contributed by atoms with Gasteiger partial charge < -0.3 is 0 Å². The highest BCUT2D eigenvalue weighted by molar-refractivity contribution is 6.09. The first kappa shape index (κ1) is 7.17. The van der Waals surface area contributed by atoms with Crippen molar-refractivity contribution in [2.24, 2.45) is 0 Å². The van der Waals surface area contributed by atoms with Gasteiger partial charge in [0.2, 0.25) is 0 Å². The van der Waals surface area contributed by atoms with E-state index in [4.69, 9.17) is 0 Å². The van der Waals surface area contributed by atoms with Gasteiger partial charge in [0.25, 0.3) is 0 Å². The number of hydrogen-bond acceptors (Lipinski definition) is 0. The molecule has 0 unspecified atom stereocenters. The minimum atomic E-state index is 1.33. The Morgan fingerprint density at radius 3 is 2.29 bits per heavy atom. The lowest BCUT2D eigenvalue weighted by Crippen LogP contribution is -1.64. The zero-order valence-electron chi connectivity index (χ0n) is 5.28. The van der Waals surface area contributed by atoms with Gasteiger partial charge in [-0.3, -0.25) is 0 Å². The predicted octanol–water partition coefficient (Wildman–Crippen LogP) is -0.500. The molecular formula is C5H14Si2. The lowest BCUT2D eigenvalue weighted by atomic mass is 10.4. The van der Waals surface area contributed by atoms with Crippen LogP contribution in [-0.4, -0.2) is 20.5 Å². The highest BCUT2D eigenvalue weighted by atomic mass is 28.1. The summed E-state index contributed by atoms with van der Waals surface area (Å²) in [5, 5.41) is 0. The molecule has 0 spiro atoms. The molecule has 0 saturated carbocycles. The third kappa shape index (κ3) is 6.17. The fourth-order valence-corrected chi connectivity index (χ4v) is 1.12. The second kappa shape index (κ2) is 6.17. The van der Waals surface area contributed by atoms with Crippen LogP contribution in [0.3, 0.4) is 0 Å². The summed E-state index contributed by atoms with van der Waals surface area (Å²) in [4.78, 5) is 0. The third-order valence-corrected chi connectivity index (χ3v) is 1.91. The van der Waals surface area contributed by atoms with Crippen LogP contribution in [0.1, 0.15) is 6.42 Å². The molecule has 42 valence electrons. The van der Waals surface area contributed by atoms with E-state index in [0.717, 1.165) is 0 Å². The molecule has 0 atom stereocenters. The Balaban J connectivity index is 2.78. The summed E-state index contributed by atoms with van der Waals surface area (Å²) in [5.74, 6) is 0. The van der Waals surface area contributed by atoms with Crippen molar-refractivity contribution in [1.29, 1.82) is 0 Å². The van der Waals surface area contributed by atoms with Crippen molar-refractivity contribution < 1.29 is 0 Å². The quantitative estimate of drug-likeness (QED) is 0.357. The molecule has 0 aromatic heterocycles. The molecule has 7 heavy (non-hydrogen) atoms. The summed E-state index contributed by atoms with van der Waals surface area (Å²) < 4.78 is 0. The molecule has 0 radical (unpaired) electrons. The van der Waals surface area contributed by atoms with Crippen LogP contribution in [0.15, 0.2) is 12.2 Å². The van der Waals surface area contributed by atoms with Crippen LogP contribution in [-0.2, 0) is 0 Å². The van der Waals surface area contributed by atoms with Gasteiger partial charge >= 0.3 is 0 Å². The van der Waals surface area contributed by atoms with Gasteiger partial charge in [-0.15, -0.1) is 0 Å². The average Bonchev–Trinajstić information content (AvgIpc) is 1.69. The van der Waals surface area contributed by atoms with Gasteiger partial charge in [-0.1, -0.05) is 18.2 Å². The molecule has 0 aliphatic carbocycles. The number of allylic oxidation sites excluding steroid dienone is 2. The van der Waals surface area contributed by atoms with Crippen molar-refractivity contribution >= 4 is 20.5 Å². The summed E-state index contributed by atoms with van der Waals surface area (Å²) in [5.41, 5.74) is 0. The Kier molecular flexibility index (Phi) is 6.33. The van der Waals surface area contributed by atoms with Gasteiger partial charge in [-0.05, 0) is 12.5 Å². The fourth-order valence-electron chi connectivity index (χ4n) is 0.451. The zero-order chi connectivity index (χ0) is 5.54. The lowest BCUT2D eigenvalue weighted by molar-refractivity contribution is 1.21. The minimum Gasteiger partial charge on any atom is -0.0921 e. The maximum Gasteiger partial charge on any atom is 0.00754 e. The summed E-state index contributed by atoms with van der Waals surface area (Å²) >= 11 is 0. The lowest BCUT2D eigenvalue weighted by Gasteiger charge is -1.79. The Labute approximate surface area is 51.9 Å². The summed E-state index contributed by atoms with van der Waals surface area (Å²) in [6.45, 7) is 0. The minimum absolute atomic E-state index is 1.33. The predicted molar refractivity (Wildman–Crippen MR) is 43.2 cm³/mol. The van der Waals surface area contributed by atoms with E-state index < -0.39 is 0 Å². The fraction of sp³-hybridized carbons (Fsp3) is 0.600. The van der Waals surface area contributed by atoms with Crippen molar-refractivity contribution in [2.75, 3.05) is 0 Å².